The molecule has 0 radical (unpaired) electrons. The first-order valence-electron chi connectivity index (χ1n) is 11.0. The summed E-state index contributed by atoms with van der Waals surface area (Å²) in [6.07, 6.45) is 13.2. The van der Waals surface area contributed by atoms with E-state index in [9.17, 15) is 9.59 Å². The van der Waals surface area contributed by atoms with Gasteiger partial charge in [-0.25, -0.2) is 9.78 Å². The molecule has 11 nitrogen and oxygen atoms in total. The number of amides is 2. The Hall–Kier alpha value is -4.67. The van der Waals surface area contributed by atoms with Crippen LogP contribution in [0.5, 0.6) is 5.75 Å². The van der Waals surface area contributed by atoms with Gasteiger partial charge in [0.25, 0.3) is 5.91 Å². The zero-order valence-corrected chi connectivity index (χ0v) is 19.4. The van der Waals surface area contributed by atoms with E-state index >= 15 is 0 Å². The molecule has 0 saturated heterocycles. The molecule has 180 valence electrons. The quantitative estimate of drug-likeness (QED) is 0.387. The largest absolute Gasteiger partial charge is 0.410 e. The topological polar surface area (TPSA) is 149 Å². The van der Waals surface area contributed by atoms with Gasteiger partial charge in [-0.3, -0.25) is 9.48 Å². The van der Waals surface area contributed by atoms with Gasteiger partial charge in [-0.15, -0.1) is 0 Å². The third-order valence-corrected chi connectivity index (χ3v) is 5.45. The number of anilines is 4. The smallest absolute Gasteiger partial charge is 0.409 e. The van der Waals surface area contributed by atoms with Gasteiger partial charge >= 0.3 is 6.09 Å². The summed E-state index contributed by atoms with van der Waals surface area (Å²) in [5.74, 6) is 0.459. The first kappa shape index (κ1) is 23.5. The average molecular weight is 475 g/mol. The van der Waals surface area contributed by atoms with E-state index in [1.54, 1.807) is 48.4 Å². The molecule has 5 N–H and O–H groups in total. The van der Waals surface area contributed by atoms with Crippen LogP contribution in [0.1, 0.15) is 30.1 Å². The van der Waals surface area contributed by atoms with Crippen LogP contribution in [0.25, 0.3) is 0 Å². The second-order valence-electron chi connectivity index (χ2n) is 8.01. The van der Waals surface area contributed by atoms with Gasteiger partial charge in [0.05, 0.1) is 17.4 Å². The third-order valence-electron chi connectivity index (χ3n) is 5.45. The van der Waals surface area contributed by atoms with Crippen LogP contribution in [0, 0.1) is 0 Å². The van der Waals surface area contributed by atoms with Gasteiger partial charge in [0.15, 0.2) is 0 Å². The molecule has 0 aliphatic heterocycles. The Bertz CT molecular complexity index is 1300. The Balaban J connectivity index is 1.65. The van der Waals surface area contributed by atoms with E-state index in [4.69, 9.17) is 10.5 Å². The number of hydrogen-bond acceptors (Lipinski definition) is 8. The summed E-state index contributed by atoms with van der Waals surface area (Å²) in [4.78, 5) is 33.4. The number of aryl methyl sites for hydroxylation is 1. The molecule has 0 saturated carbocycles. The fraction of sp³-hybridized carbons (Fsp3) is 0.208. The van der Waals surface area contributed by atoms with Gasteiger partial charge in [0.1, 0.15) is 17.1 Å². The van der Waals surface area contributed by atoms with E-state index in [1.165, 1.54) is 6.20 Å². The lowest BCUT2D eigenvalue weighted by atomic mass is 9.88. The van der Waals surface area contributed by atoms with Crippen molar-refractivity contribution in [2.45, 2.75) is 25.3 Å². The third kappa shape index (κ3) is 5.82. The highest BCUT2D eigenvalue weighted by atomic mass is 16.5. The lowest BCUT2D eigenvalue weighted by Gasteiger charge is -2.31. The van der Waals surface area contributed by atoms with Crippen molar-refractivity contribution in [2.75, 3.05) is 10.6 Å². The highest BCUT2D eigenvalue weighted by Gasteiger charge is 2.29. The van der Waals surface area contributed by atoms with Crippen LogP contribution in [0.3, 0.4) is 0 Å². The predicted octanol–water partition coefficient (Wildman–Crippen LogP) is 3.55. The number of primary amides is 1. The number of benzene rings is 1. The molecule has 11 heteroatoms. The van der Waals surface area contributed by atoms with Crippen molar-refractivity contribution in [1.82, 2.24) is 25.1 Å². The number of rotatable bonds is 8. The zero-order chi connectivity index (χ0) is 24.8. The average Bonchev–Trinajstić information content (AvgIpc) is 3.24. The maximum atomic E-state index is 13.4. The number of carbonyl (C=O) groups excluding carboxylic acids is 2. The minimum atomic E-state index is -0.924. The van der Waals surface area contributed by atoms with E-state index in [1.807, 2.05) is 31.2 Å². The monoisotopic (exact) mass is 474 g/mol. The second kappa shape index (κ2) is 10.1. The van der Waals surface area contributed by atoms with E-state index < -0.39 is 11.6 Å². The van der Waals surface area contributed by atoms with E-state index in [2.05, 4.69) is 31.0 Å². The normalized spacial score (nSPS) is 16.5. The summed E-state index contributed by atoms with van der Waals surface area (Å²) in [5.41, 5.74) is 6.10. The van der Waals surface area contributed by atoms with Crippen molar-refractivity contribution in [3.63, 3.8) is 0 Å². The molecule has 0 spiro atoms. The molecule has 2 heterocycles. The number of hydrogen-bond donors (Lipinski definition) is 4. The summed E-state index contributed by atoms with van der Waals surface area (Å²) in [6.45, 7) is 2.02. The number of nitrogens with two attached hydrogens (primary N) is 1. The highest BCUT2D eigenvalue weighted by Crippen LogP contribution is 2.27. The molecule has 4 rings (SSSR count). The Morgan fingerprint density at radius 3 is 2.74 bits per heavy atom. The molecule has 2 amide bonds. The minimum Gasteiger partial charge on any atom is -0.410 e. The van der Waals surface area contributed by atoms with Crippen LogP contribution in [0.2, 0.25) is 0 Å². The fourth-order valence-electron chi connectivity index (χ4n) is 3.61. The Labute approximate surface area is 202 Å². The van der Waals surface area contributed by atoms with E-state index in [-0.39, 0.29) is 29.0 Å². The summed E-state index contributed by atoms with van der Waals surface area (Å²) >= 11 is 0. The van der Waals surface area contributed by atoms with E-state index in [0.29, 0.717) is 17.8 Å². The fourth-order valence-corrected chi connectivity index (χ4v) is 3.61. The standard InChI is InChI=1S/C24H26N8O3/c1-3-24(10-5-4-6-11-24)31-21(33)19-14-26-23(29-17-13-27-32(2)15-17)30-20(19)28-16-8-7-9-18(12-16)35-22(25)34/h4-10,12-15H,3,11H2,1-2H3,(H2,25,34)(H,31,33)(H2,26,28,29,30). The number of carbonyl (C=O) groups is 2. The van der Waals surface area contributed by atoms with Crippen molar-refractivity contribution in [3.8, 4) is 5.75 Å². The molecule has 1 aliphatic carbocycles. The van der Waals surface area contributed by atoms with Crippen LogP contribution >= 0.6 is 0 Å². The van der Waals surface area contributed by atoms with Crippen molar-refractivity contribution < 1.29 is 14.3 Å². The van der Waals surface area contributed by atoms with Gasteiger partial charge in [0, 0.05) is 31.2 Å². The van der Waals surface area contributed by atoms with Crippen molar-refractivity contribution >= 4 is 35.1 Å². The molecule has 35 heavy (non-hydrogen) atoms. The number of nitrogens with zero attached hydrogens (tertiary/aromatic N) is 4. The molecule has 1 aromatic carbocycles. The molecular formula is C24H26N8O3. The summed E-state index contributed by atoms with van der Waals surface area (Å²) in [7, 11) is 1.80. The Morgan fingerprint density at radius 1 is 1.20 bits per heavy atom. The summed E-state index contributed by atoms with van der Waals surface area (Å²) in [5, 5.41) is 13.4. The lowest BCUT2D eigenvalue weighted by molar-refractivity contribution is 0.0915. The van der Waals surface area contributed by atoms with Crippen LogP contribution in [0.15, 0.2) is 67.2 Å². The van der Waals surface area contributed by atoms with Crippen molar-refractivity contribution in [3.05, 3.63) is 72.7 Å². The molecule has 1 atom stereocenters. The van der Waals surface area contributed by atoms with Crippen LogP contribution < -0.4 is 26.4 Å². The van der Waals surface area contributed by atoms with Gasteiger partial charge in [-0.1, -0.05) is 37.3 Å². The maximum absolute atomic E-state index is 13.4. The van der Waals surface area contributed by atoms with Crippen molar-refractivity contribution in [1.29, 1.82) is 0 Å². The molecule has 1 unspecified atom stereocenters. The molecular weight excluding hydrogens is 448 g/mol. The first-order chi connectivity index (χ1) is 16.9. The first-order valence-corrected chi connectivity index (χ1v) is 11.0. The van der Waals surface area contributed by atoms with Crippen LogP contribution in [0.4, 0.5) is 27.9 Å². The molecule has 3 aromatic rings. The van der Waals surface area contributed by atoms with Gasteiger partial charge < -0.3 is 26.4 Å². The molecule has 0 bridgehead atoms. The second-order valence-corrected chi connectivity index (χ2v) is 8.01. The number of allylic oxidation sites excluding steroid dienone is 2. The van der Waals surface area contributed by atoms with Crippen LogP contribution in [-0.4, -0.2) is 37.3 Å². The predicted molar refractivity (Wildman–Crippen MR) is 132 cm³/mol. The molecule has 2 aromatic heterocycles. The minimum absolute atomic E-state index is 0.249. The summed E-state index contributed by atoms with van der Waals surface area (Å²) < 4.78 is 6.60. The SMILES string of the molecule is CCC1(NC(=O)c2cnc(Nc3cnn(C)c3)nc2Nc2cccc(OC(N)=O)c2)C=CC=CC1. The van der Waals surface area contributed by atoms with Gasteiger partial charge in [0.2, 0.25) is 5.95 Å². The van der Waals surface area contributed by atoms with E-state index in [0.717, 1.165) is 6.42 Å². The summed E-state index contributed by atoms with van der Waals surface area (Å²) in [6, 6.07) is 6.59. The number of aromatic nitrogens is 4. The Morgan fingerprint density at radius 2 is 2.06 bits per heavy atom. The molecule has 1 aliphatic rings. The van der Waals surface area contributed by atoms with Gasteiger partial charge in [-0.05, 0) is 25.0 Å². The Kier molecular flexibility index (Phi) is 6.76. The number of ether oxygens (including phenoxy) is 1. The zero-order valence-electron chi connectivity index (χ0n) is 19.4. The lowest BCUT2D eigenvalue weighted by Crippen LogP contribution is -2.47. The number of nitrogens with one attached hydrogen (secondary N) is 3. The van der Waals surface area contributed by atoms with Crippen molar-refractivity contribution in [2.24, 2.45) is 12.8 Å². The maximum Gasteiger partial charge on any atom is 0.409 e. The highest BCUT2D eigenvalue weighted by molar-refractivity contribution is 6.00. The molecule has 0 fully saturated rings. The van der Waals surface area contributed by atoms with Gasteiger partial charge in [-0.2, -0.15) is 10.1 Å². The van der Waals surface area contributed by atoms with Crippen LogP contribution in [-0.2, 0) is 7.05 Å².